The summed E-state index contributed by atoms with van der Waals surface area (Å²) in [5.74, 6) is -1.11. The molecule has 1 heterocycles. The van der Waals surface area contributed by atoms with Crippen molar-refractivity contribution in [3.8, 4) is 16.9 Å². The molecule has 6 nitrogen and oxygen atoms in total. The molecular formula is C25H26FNO5. The summed E-state index contributed by atoms with van der Waals surface area (Å²) in [4.78, 5) is 15.6. The zero-order chi connectivity index (χ0) is 22.8. The van der Waals surface area contributed by atoms with E-state index in [4.69, 9.17) is 10.1 Å². The molecule has 2 unspecified atom stereocenters. The van der Waals surface area contributed by atoms with Crippen LogP contribution in [0.4, 0.5) is 4.39 Å². The first kappa shape index (κ1) is 22.2. The van der Waals surface area contributed by atoms with E-state index in [1.54, 1.807) is 24.3 Å². The number of carboxylic acids is 1. The molecule has 0 radical (unpaired) electrons. The number of aromatic nitrogens is 1. The molecule has 168 valence electrons. The minimum atomic E-state index is -1.12. The fourth-order valence-electron chi connectivity index (χ4n) is 4.25. The minimum Gasteiger partial charge on any atom is -0.506 e. The third-order valence-corrected chi connectivity index (χ3v) is 5.91. The molecule has 2 atom stereocenters. The second kappa shape index (κ2) is 9.22. The quantitative estimate of drug-likeness (QED) is 0.399. The molecule has 0 saturated heterocycles. The predicted molar refractivity (Wildman–Crippen MR) is 118 cm³/mol. The van der Waals surface area contributed by atoms with Crippen molar-refractivity contribution in [1.82, 2.24) is 4.98 Å². The van der Waals surface area contributed by atoms with E-state index in [0.29, 0.717) is 18.4 Å². The Morgan fingerprint density at radius 3 is 2.47 bits per heavy atom. The van der Waals surface area contributed by atoms with Crippen LogP contribution in [-0.2, 0) is 11.2 Å². The third-order valence-electron chi connectivity index (χ3n) is 5.91. The van der Waals surface area contributed by atoms with Gasteiger partial charge in [-0.25, -0.2) is 9.37 Å². The van der Waals surface area contributed by atoms with Crippen LogP contribution in [-0.4, -0.2) is 43.6 Å². The van der Waals surface area contributed by atoms with E-state index in [-0.39, 0.29) is 23.9 Å². The van der Waals surface area contributed by atoms with Crippen LogP contribution < -0.4 is 0 Å². The maximum Gasteiger partial charge on any atom is 0.305 e. The van der Waals surface area contributed by atoms with Gasteiger partial charge in [0.15, 0.2) is 0 Å². The highest BCUT2D eigenvalue weighted by atomic mass is 19.1. The number of carbonyl (C=O) groups is 1. The Bertz CT molecular complexity index is 1130. The summed E-state index contributed by atoms with van der Waals surface area (Å²) in [7, 11) is 0. The van der Waals surface area contributed by atoms with Crippen molar-refractivity contribution < 1.29 is 29.6 Å². The molecule has 1 aliphatic rings. The summed E-state index contributed by atoms with van der Waals surface area (Å²) in [6, 6.07) is 11.4. The molecule has 2 aromatic carbocycles. The first-order valence-electron chi connectivity index (χ1n) is 10.8. The van der Waals surface area contributed by atoms with Gasteiger partial charge >= 0.3 is 5.97 Å². The SMILES string of the molecule is O=C(O)CC(O)CC(O)CCc1c(C2CC2)nc2c(O)cccc2c1-c1ccc(F)cc1. The molecule has 32 heavy (non-hydrogen) atoms. The van der Waals surface area contributed by atoms with Gasteiger partial charge in [0.2, 0.25) is 0 Å². The average Bonchev–Trinajstić information content (AvgIpc) is 3.57. The number of para-hydroxylation sites is 1. The highest BCUT2D eigenvalue weighted by Crippen LogP contribution is 2.46. The number of aliphatic hydroxyl groups excluding tert-OH is 2. The van der Waals surface area contributed by atoms with E-state index in [9.17, 15) is 24.5 Å². The number of halogens is 1. The predicted octanol–water partition coefficient (Wildman–Crippen LogP) is 4.14. The molecule has 1 saturated carbocycles. The summed E-state index contributed by atoms with van der Waals surface area (Å²) in [6.45, 7) is 0. The van der Waals surface area contributed by atoms with Crippen molar-refractivity contribution in [1.29, 1.82) is 0 Å². The van der Waals surface area contributed by atoms with E-state index in [1.165, 1.54) is 12.1 Å². The van der Waals surface area contributed by atoms with Gasteiger partial charge in [0.05, 0.1) is 18.6 Å². The number of phenolic OH excluding ortho intramolecular Hbond substituents is 1. The van der Waals surface area contributed by atoms with Crippen LogP contribution in [0.25, 0.3) is 22.0 Å². The lowest BCUT2D eigenvalue weighted by Crippen LogP contribution is -2.21. The molecule has 4 rings (SSSR count). The van der Waals surface area contributed by atoms with Crippen LogP contribution in [0.2, 0.25) is 0 Å². The number of nitrogens with zero attached hydrogens (tertiary/aromatic N) is 1. The zero-order valence-corrected chi connectivity index (χ0v) is 17.5. The van der Waals surface area contributed by atoms with Crippen molar-refractivity contribution in [2.45, 2.75) is 56.7 Å². The molecular weight excluding hydrogens is 413 g/mol. The van der Waals surface area contributed by atoms with Crippen LogP contribution in [0.5, 0.6) is 5.75 Å². The van der Waals surface area contributed by atoms with Gasteiger partial charge in [-0.1, -0.05) is 24.3 Å². The van der Waals surface area contributed by atoms with Gasteiger partial charge in [-0.05, 0) is 67.0 Å². The van der Waals surface area contributed by atoms with Crippen molar-refractivity contribution in [2.75, 3.05) is 0 Å². The molecule has 1 fully saturated rings. The Hall–Kier alpha value is -3.03. The maximum atomic E-state index is 13.6. The summed E-state index contributed by atoms with van der Waals surface area (Å²) in [5.41, 5.74) is 3.95. The van der Waals surface area contributed by atoms with Crippen LogP contribution in [0.3, 0.4) is 0 Å². The Labute approximate surface area is 185 Å². The topological polar surface area (TPSA) is 111 Å². The zero-order valence-electron chi connectivity index (χ0n) is 17.5. The lowest BCUT2D eigenvalue weighted by Gasteiger charge is -2.20. The minimum absolute atomic E-state index is 0.0290. The lowest BCUT2D eigenvalue weighted by molar-refractivity contribution is -0.139. The number of pyridine rings is 1. The summed E-state index contributed by atoms with van der Waals surface area (Å²) >= 11 is 0. The van der Waals surface area contributed by atoms with E-state index < -0.39 is 24.6 Å². The van der Waals surface area contributed by atoms with E-state index in [2.05, 4.69) is 0 Å². The Kier molecular flexibility index (Phi) is 6.39. The summed E-state index contributed by atoms with van der Waals surface area (Å²) in [6.07, 6.45) is 0.310. The maximum absolute atomic E-state index is 13.6. The van der Waals surface area contributed by atoms with Gasteiger partial charge in [0, 0.05) is 17.0 Å². The first-order chi connectivity index (χ1) is 15.3. The van der Waals surface area contributed by atoms with Gasteiger partial charge in [-0.15, -0.1) is 0 Å². The lowest BCUT2D eigenvalue weighted by atomic mass is 9.89. The van der Waals surface area contributed by atoms with Gasteiger partial charge in [0.25, 0.3) is 0 Å². The Morgan fingerprint density at radius 1 is 1.09 bits per heavy atom. The number of hydrogen-bond donors (Lipinski definition) is 4. The number of hydrogen-bond acceptors (Lipinski definition) is 5. The second-order valence-corrected chi connectivity index (χ2v) is 8.48. The van der Waals surface area contributed by atoms with Crippen molar-refractivity contribution in [3.05, 3.63) is 59.5 Å². The average molecular weight is 439 g/mol. The van der Waals surface area contributed by atoms with Gasteiger partial charge in [-0.3, -0.25) is 4.79 Å². The number of aliphatic hydroxyl groups is 2. The highest BCUT2D eigenvalue weighted by Gasteiger charge is 2.31. The van der Waals surface area contributed by atoms with Crippen LogP contribution in [0, 0.1) is 5.82 Å². The number of rotatable bonds is 9. The van der Waals surface area contributed by atoms with E-state index >= 15 is 0 Å². The van der Waals surface area contributed by atoms with Gasteiger partial charge in [0.1, 0.15) is 17.1 Å². The Balaban J connectivity index is 1.75. The molecule has 0 spiro atoms. The number of aliphatic carboxylic acids is 1. The Morgan fingerprint density at radius 2 is 1.81 bits per heavy atom. The molecule has 1 aromatic heterocycles. The molecule has 4 N–H and O–H groups in total. The van der Waals surface area contributed by atoms with Gasteiger partial charge < -0.3 is 20.4 Å². The summed E-state index contributed by atoms with van der Waals surface area (Å²) in [5, 5.41) is 40.3. The molecule has 0 bridgehead atoms. The number of benzene rings is 2. The fraction of sp³-hybridized carbons (Fsp3) is 0.360. The molecule has 3 aromatic rings. The standard InChI is InChI=1S/C25H26FNO5/c26-16-8-6-14(7-9-16)23-19-2-1-3-21(30)25(19)27-24(15-4-5-15)20(23)11-10-17(28)12-18(29)13-22(31)32/h1-3,6-9,15,17-18,28-30H,4-5,10-13H2,(H,31,32). The largest absolute Gasteiger partial charge is 0.506 e. The van der Waals surface area contributed by atoms with Crippen molar-refractivity contribution >= 4 is 16.9 Å². The first-order valence-corrected chi connectivity index (χ1v) is 10.8. The number of aromatic hydroxyl groups is 1. The number of carboxylic acid groups (broad SMARTS) is 1. The van der Waals surface area contributed by atoms with Gasteiger partial charge in [-0.2, -0.15) is 0 Å². The molecule has 1 aliphatic carbocycles. The van der Waals surface area contributed by atoms with Crippen LogP contribution in [0.1, 0.15) is 49.3 Å². The van der Waals surface area contributed by atoms with Crippen LogP contribution >= 0.6 is 0 Å². The third kappa shape index (κ3) is 4.89. The number of phenols is 1. The normalized spacial score (nSPS) is 15.6. The van der Waals surface area contributed by atoms with E-state index in [0.717, 1.165) is 40.6 Å². The molecule has 0 aliphatic heterocycles. The van der Waals surface area contributed by atoms with E-state index in [1.807, 2.05) is 6.07 Å². The van der Waals surface area contributed by atoms with Crippen LogP contribution in [0.15, 0.2) is 42.5 Å². The smallest absolute Gasteiger partial charge is 0.305 e. The summed E-state index contributed by atoms with van der Waals surface area (Å²) < 4.78 is 13.6. The highest BCUT2D eigenvalue weighted by molar-refractivity contribution is 5.99. The number of fused-ring (bicyclic) bond motifs is 1. The second-order valence-electron chi connectivity index (χ2n) is 8.48. The van der Waals surface area contributed by atoms with Crippen molar-refractivity contribution in [3.63, 3.8) is 0 Å². The fourth-order valence-corrected chi connectivity index (χ4v) is 4.25. The monoisotopic (exact) mass is 439 g/mol. The van der Waals surface area contributed by atoms with Crippen molar-refractivity contribution in [2.24, 2.45) is 0 Å². The molecule has 7 heteroatoms. The molecule has 0 amide bonds.